The molecular formula is C44H50F6O6Si. The van der Waals surface area contributed by atoms with Crippen LogP contribution < -0.4 is 18.9 Å². The van der Waals surface area contributed by atoms with E-state index in [1.165, 1.54) is 11.6 Å². The Morgan fingerprint density at radius 3 is 1.67 bits per heavy atom. The SMILES string of the molecule is COc1ccccc1CCCC(C)(C)C[Si](C)(C)CCCc1ccccc1OC(=O)COc1ccc(C(c2ccc(OC(C)=O)cc2)(C(F)(F)F)C(F)(F)F)cc1. The van der Waals surface area contributed by atoms with Crippen molar-refractivity contribution in [2.75, 3.05) is 13.7 Å². The van der Waals surface area contributed by atoms with E-state index in [-0.39, 0.29) is 16.9 Å². The number of rotatable bonds is 18. The van der Waals surface area contributed by atoms with Gasteiger partial charge in [-0.25, -0.2) is 4.79 Å². The maximum Gasteiger partial charge on any atom is 0.411 e. The highest BCUT2D eigenvalue weighted by Crippen LogP contribution is 2.56. The van der Waals surface area contributed by atoms with Crippen molar-refractivity contribution < 1.29 is 54.9 Å². The number of hydrogen-bond acceptors (Lipinski definition) is 6. The number of ether oxygens (including phenoxy) is 4. The second-order valence-corrected chi connectivity index (χ2v) is 21.0. The van der Waals surface area contributed by atoms with Crippen LogP contribution in [0.1, 0.15) is 62.3 Å². The molecule has 57 heavy (non-hydrogen) atoms. The number of hydrogen-bond donors (Lipinski definition) is 0. The van der Waals surface area contributed by atoms with Gasteiger partial charge >= 0.3 is 24.3 Å². The number of aryl methyl sites for hydroxylation is 2. The summed E-state index contributed by atoms with van der Waals surface area (Å²) in [4.78, 5) is 24.0. The topological polar surface area (TPSA) is 71.1 Å². The molecule has 0 saturated heterocycles. The first-order valence-electron chi connectivity index (χ1n) is 18.7. The minimum atomic E-state index is -5.82. The van der Waals surface area contributed by atoms with Crippen LogP contribution in [0.3, 0.4) is 0 Å². The largest absolute Gasteiger partial charge is 0.496 e. The van der Waals surface area contributed by atoms with Crippen LogP contribution >= 0.6 is 0 Å². The molecule has 308 valence electrons. The quantitative estimate of drug-likeness (QED) is 0.0431. The zero-order valence-corrected chi connectivity index (χ0v) is 34.1. The predicted octanol–water partition coefficient (Wildman–Crippen LogP) is 11.7. The second-order valence-electron chi connectivity index (χ2n) is 15.8. The molecule has 4 aromatic rings. The number of alkyl halides is 6. The number of carbonyl (C=O) groups excluding carboxylic acids is 2. The molecule has 0 amide bonds. The molecule has 0 spiro atoms. The van der Waals surface area contributed by atoms with Gasteiger partial charge in [0.25, 0.3) is 0 Å². The van der Waals surface area contributed by atoms with Gasteiger partial charge in [0, 0.05) is 15.0 Å². The fourth-order valence-corrected chi connectivity index (χ4v) is 11.8. The van der Waals surface area contributed by atoms with Crippen LogP contribution in [0.4, 0.5) is 26.3 Å². The molecule has 0 unspecified atom stereocenters. The molecule has 0 N–H and O–H groups in total. The van der Waals surface area contributed by atoms with Crippen molar-refractivity contribution in [3.63, 3.8) is 0 Å². The lowest BCUT2D eigenvalue weighted by Crippen LogP contribution is -2.54. The lowest BCUT2D eigenvalue weighted by atomic mass is 9.73. The summed E-state index contributed by atoms with van der Waals surface area (Å²) in [6.07, 6.45) is -6.92. The summed E-state index contributed by atoms with van der Waals surface area (Å²) in [5.74, 6) is -0.645. The van der Waals surface area contributed by atoms with Crippen molar-refractivity contribution in [1.29, 1.82) is 0 Å². The van der Waals surface area contributed by atoms with Gasteiger partial charge in [-0.05, 0) is 89.8 Å². The van der Waals surface area contributed by atoms with Crippen molar-refractivity contribution in [1.82, 2.24) is 0 Å². The monoisotopic (exact) mass is 816 g/mol. The van der Waals surface area contributed by atoms with E-state index in [1.54, 1.807) is 19.2 Å². The van der Waals surface area contributed by atoms with Crippen molar-refractivity contribution in [2.24, 2.45) is 5.41 Å². The number of esters is 2. The minimum absolute atomic E-state index is 0.137. The van der Waals surface area contributed by atoms with E-state index in [9.17, 15) is 35.9 Å². The number of halogens is 6. The molecule has 0 saturated carbocycles. The van der Waals surface area contributed by atoms with Crippen LogP contribution in [0, 0.1) is 5.41 Å². The van der Waals surface area contributed by atoms with E-state index in [2.05, 4.69) is 33.0 Å². The Hall–Kier alpha value is -4.78. The average molecular weight is 817 g/mol. The first kappa shape index (κ1) is 44.9. The van der Waals surface area contributed by atoms with E-state index in [4.69, 9.17) is 18.9 Å². The van der Waals surface area contributed by atoms with Crippen molar-refractivity contribution in [2.45, 2.75) is 95.8 Å². The standard InChI is InChI=1S/C44H50F6O6Si/c1-31(51)55-37-25-21-35(22-26-37)42(43(45,46)47,44(48,49)50)34-19-23-36(24-20-34)54-29-40(52)56-39-18-10-8-14-33(39)16-12-28-57(5,6)30-41(2,3)27-11-15-32-13-7-9-17-38(32)53-4/h7-10,13-14,17-26H,11-12,15-16,27-30H2,1-6H3. The Morgan fingerprint density at radius 2 is 1.14 bits per heavy atom. The van der Waals surface area contributed by atoms with Gasteiger partial charge < -0.3 is 18.9 Å². The van der Waals surface area contributed by atoms with Crippen LogP contribution in [0.5, 0.6) is 23.0 Å². The van der Waals surface area contributed by atoms with Crippen LogP contribution in [0.2, 0.25) is 25.2 Å². The summed E-state index contributed by atoms with van der Waals surface area (Å²) in [5, 5.41) is 0. The lowest BCUT2D eigenvalue weighted by molar-refractivity contribution is -0.288. The Labute approximate surface area is 331 Å². The summed E-state index contributed by atoms with van der Waals surface area (Å²) in [6, 6.07) is 23.6. The molecule has 0 aliphatic rings. The highest BCUT2D eigenvalue weighted by Gasteiger charge is 2.72. The van der Waals surface area contributed by atoms with Gasteiger partial charge in [0.15, 0.2) is 6.61 Å². The number of methoxy groups -OCH3 is 1. The third-order valence-electron chi connectivity index (χ3n) is 9.99. The van der Waals surface area contributed by atoms with E-state index < -0.39 is 55.5 Å². The molecule has 13 heteroatoms. The fourth-order valence-electron chi connectivity index (χ4n) is 7.72. The Balaban J connectivity index is 1.34. The minimum Gasteiger partial charge on any atom is -0.496 e. The predicted molar refractivity (Wildman–Crippen MR) is 210 cm³/mol. The third kappa shape index (κ3) is 11.9. The molecule has 0 bridgehead atoms. The van der Waals surface area contributed by atoms with Crippen LogP contribution in [0.15, 0.2) is 97.1 Å². The van der Waals surface area contributed by atoms with Gasteiger partial charge in [0.2, 0.25) is 5.41 Å². The lowest BCUT2D eigenvalue weighted by Gasteiger charge is -2.38. The molecular weight excluding hydrogens is 767 g/mol. The summed E-state index contributed by atoms with van der Waals surface area (Å²) in [5.41, 5.74) is -4.42. The maximum atomic E-state index is 14.6. The molecule has 0 aliphatic heterocycles. The average Bonchev–Trinajstić information content (AvgIpc) is 3.11. The van der Waals surface area contributed by atoms with Crippen molar-refractivity contribution in [3.05, 3.63) is 119 Å². The molecule has 4 aromatic carbocycles. The summed E-state index contributed by atoms with van der Waals surface area (Å²) in [7, 11) is 0.0982. The van der Waals surface area contributed by atoms with Crippen molar-refractivity contribution in [3.8, 4) is 23.0 Å². The zero-order chi connectivity index (χ0) is 42.1. The van der Waals surface area contributed by atoms with Gasteiger partial charge in [0.1, 0.15) is 23.0 Å². The van der Waals surface area contributed by atoms with Gasteiger partial charge in [-0.15, -0.1) is 0 Å². The van der Waals surface area contributed by atoms with Gasteiger partial charge in [0.05, 0.1) is 7.11 Å². The van der Waals surface area contributed by atoms with E-state index >= 15 is 0 Å². The van der Waals surface area contributed by atoms with E-state index in [1.807, 2.05) is 30.3 Å². The first-order valence-corrected chi connectivity index (χ1v) is 22.2. The smallest absolute Gasteiger partial charge is 0.411 e. The molecule has 4 rings (SSSR count). The van der Waals surface area contributed by atoms with Gasteiger partial charge in [-0.3, -0.25) is 4.79 Å². The molecule has 0 radical (unpaired) electrons. The molecule has 0 aliphatic carbocycles. The highest BCUT2D eigenvalue weighted by atomic mass is 28.3. The maximum absolute atomic E-state index is 14.6. The fraction of sp³-hybridized carbons (Fsp3) is 0.409. The Kier molecular flexibility index (Phi) is 14.7. The summed E-state index contributed by atoms with van der Waals surface area (Å²) >= 11 is 0. The molecule has 6 nitrogen and oxygen atoms in total. The van der Waals surface area contributed by atoms with E-state index in [0.717, 1.165) is 74.2 Å². The summed E-state index contributed by atoms with van der Waals surface area (Å²) < 4.78 is 109. The van der Waals surface area contributed by atoms with Gasteiger partial charge in [-0.1, -0.05) is 106 Å². The van der Waals surface area contributed by atoms with E-state index in [0.29, 0.717) is 36.4 Å². The molecule has 0 aromatic heterocycles. The van der Waals surface area contributed by atoms with Crippen LogP contribution in [-0.4, -0.2) is 46.1 Å². The van der Waals surface area contributed by atoms with Gasteiger partial charge in [-0.2, -0.15) is 26.3 Å². The highest BCUT2D eigenvalue weighted by molar-refractivity contribution is 6.77. The number of benzene rings is 4. The summed E-state index contributed by atoms with van der Waals surface area (Å²) in [6.45, 7) is 9.89. The number of carbonyl (C=O) groups is 2. The third-order valence-corrected chi connectivity index (χ3v) is 13.6. The molecule has 0 fully saturated rings. The zero-order valence-electron chi connectivity index (χ0n) is 33.1. The first-order chi connectivity index (χ1) is 26.7. The normalized spacial score (nSPS) is 12.6. The Morgan fingerprint density at radius 1 is 0.649 bits per heavy atom. The number of para-hydroxylation sites is 2. The Bertz CT molecular complexity index is 1920. The van der Waals surface area contributed by atoms with Crippen molar-refractivity contribution >= 4 is 20.0 Å². The second kappa shape index (κ2) is 18.7. The molecule has 0 atom stereocenters. The van der Waals surface area contributed by atoms with Crippen LogP contribution in [-0.2, 0) is 27.8 Å². The van der Waals surface area contributed by atoms with Crippen LogP contribution in [0.25, 0.3) is 0 Å². The molecule has 0 heterocycles.